The lowest BCUT2D eigenvalue weighted by atomic mass is 9.65. The van der Waals surface area contributed by atoms with Crippen molar-refractivity contribution in [1.82, 2.24) is 14.5 Å². The number of para-hydroxylation sites is 1. The first-order valence-electron chi connectivity index (χ1n) is 14.5. The average Bonchev–Trinajstić information content (AvgIpc) is 3.65. The quantitative estimate of drug-likeness (QED) is 0.312. The molecule has 4 heterocycles. The number of piperidine rings is 1. The molecule has 4 aromatic rings. The van der Waals surface area contributed by atoms with Crippen molar-refractivity contribution < 1.29 is 24.5 Å². The first kappa shape index (κ1) is 27.3. The molecule has 41 heavy (non-hydrogen) atoms. The van der Waals surface area contributed by atoms with E-state index in [-0.39, 0.29) is 17.8 Å². The van der Waals surface area contributed by atoms with E-state index in [4.69, 9.17) is 4.74 Å². The van der Waals surface area contributed by atoms with Crippen LogP contribution in [0.2, 0.25) is 0 Å². The molecule has 0 spiro atoms. The zero-order chi connectivity index (χ0) is 28.5. The van der Waals surface area contributed by atoms with Crippen LogP contribution in [-0.4, -0.2) is 62.9 Å². The van der Waals surface area contributed by atoms with E-state index in [1.165, 1.54) is 29.3 Å². The van der Waals surface area contributed by atoms with Crippen LogP contribution in [0.1, 0.15) is 48.2 Å². The van der Waals surface area contributed by atoms with Crippen molar-refractivity contribution in [2.75, 3.05) is 20.2 Å². The Kier molecular flexibility index (Phi) is 7.69. The number of carboxylic acid groups (broad SMARTS) is 1. The average molecular weight is 556 g/mol. The molecule has 2 aromatic carbocycles. The monoisotopic (exact) mass is 555 g/mol. The summed E-state index contributed by atoms with van der Waals surface area (Å²) in [4.78, 5) is 29.8. The Morgan fingerprint density at radius 1 is 1.00 bits per heavy atom. The first-order valence-corrected chi connectivity index (χ1v) is 14.5. The molecule has 214 valence electrons. The van der Waals surface area contributed by atoms with Crippen LogP contribution in [0.15, 0.2) is 79.1 Å². The largest absolute Gasteiger partial charge is 0.479 e. The number of fused-ring (bicyclic) bond motifs is 6. The molecule has 1 saturated heterocycles. The molecule has 1 saturated carbocycles. The van der Waals surface area contributed by atoms with Crippen molar-refractivity contribution in [3.8, 4) is 0 Å². The molecule has 0 amide bonds. The van der Waals surface area contributed by atoms with E-state index in [1.54, 1.807) is 17.0 Å². The van der Waals surface area contributed by atoms with Crippen molar-refractivity contribution in [3.63, 3.8) is 0 Å². The second-order valence-corrected chi connectivity index (χ2v) is 11.5. The maximum atomic E-state index is 12.4. The number of carboxylic acids is 1. The number of aliphatic carboxylic acids is 1. The van der Waals surface area contributed by atoms with Crippen molar-refractivity contribution in [1.29, 1.82) is 0 Å². The second-order valence-electron chi connectivity index (χ2n) is 11.5. The Bertz CT molecular complexity index is 1500. The van der Waals surface area contributed by atoms with Gasteiger partial charge < -0.3 is 24.5 Å². The Balaban J connectivity index is 0.000000172. The number of esters is 1. The van der Waals surface area contributed by atoms with E-state index in [0.29, 0.717) is 18.4 Å². The van der Waals surface area contributed by atoms with Crippen LogP contribution >= 0.6 is 0 Å². The molecule has 2 aromatic heterocycles. The number of aliphatic hydroxyl groups excluding tert-OH is 1. The summed E-state index contributed by atoms with van der Waals surface area (Å²) in [5.74, 6) is -0.795. The molecular formula is C33H37N3O5. The summed E-state index contributed by atoms with van der Waals surface area (Å²) in [6.45, 7) is 2.10. The minimum atomic E-state index is -0.850. The molecule has 8 nitrogen and oxygen atoms in total. The van der Waals surface area contributed by atoms with Gasteiger partial charge in [0.2, 0.25) is 0 Å². The SMILES string of the molecule is COC(=O)[C@@H]1[C@H]2C[C@H]3c4[nH]c5ccccc5c4CCN3C[C@@H]2CC[C@@H]1O.O=C(O)C(c1ccccc1)n1cccc1. The van der Waals surface area contributed by atoms with Gasteiger partial charge in [-0.1, -0.05) is 48.5 Å². The van der Waals surface area contributed by atoms with Crippen LogP contribution < -0.4 is 0 Å². The predicted molar refractivity (Wildman–Crippen MR) is 155 cm³/mol. The number of ether oxygens (including phenoxy) is 1. The molecule has 3 aliphatic rings. The molecule has 0 bridgehead atoms. The number of aromatic amines is 1. The van der Waals surface area contributed by atoms with Crippen LogP contribution in [-0.2, 0) is 20.7 Å². The van der Waals surface area contributed by atoms with Gasteiger partial charge in [-0.2, -0.15) is 0 Å². The number of carbonyl (C=O) groups excluding carboxylic acids is 1. The zero-order valence-electron chi connectivity index (χ0n) is 23.2. The summed E-state index contributed by atoms with van der Waals surface area (Å²) in [6, 6.07) is 21.0. The third-order valence-corrected chi connectivity index (χ3v) is 9.30. The van der Waals surface area contributed by atoms with Gasteiger partial charge in [0.1, 0.15) is 0 Å². The van der Waals surface area contributed by atoms with Gasteiger partial charge in [-0.25, -0.2) is 4.79 Å². The highest BCUT2D eigenvalue weighted by Crippen LogP contribution is 2.49. The molecule has 6 atom stereocenters. The molecule has 0 radical (unpaired) electrons. The van der Waals surface area contributed by atoms with Gasteiger partial charge >= 0.3 is 11.9 Å². The van der Waals surface area contributed by atoms with Crippen molar-refractivity contribution >= 4 is 22.8 Å². The molecule has 3 N–H and O–H groups in total. The van der Waals surface area contributed by atoms with Gasteiger partial charge in [0.25, 0.3) is 0 Å². The molecule has 2 fully saturated rings. The Morgan fingerprint density at radius 2 is 1.73 bits per heavy atom. The minimum absolute atomic E-state index is 0.199. The summed E-state index contributed by atoms with van der Waals surface area (Å²) in [7, 11) is 1.43. The Hall–Kier alpha value is -3.88. The normalized spacial score (nSPS) is 26.0. The fourth-order valence-electron chi connectivity index (χ4n) is 7.40. The van der Waals surface area contributed by atoms with Crippen LogP contribution in [0.4, 0.5) is 0 Å². The summed E-state index contributed by atoms with van der Waals surface area (Å²) in [5, 5.41) is 21.0. The van der Waals surface area contributed by atoms with Crippen LogP contribution in [0.25, 0.3) is 10.9 Å². The summed E-state index contributed by atoms with van der Waals surface area (Å²) < 4.78 is 6.72. The number of rotatable bonds is 4. The van der Waals surface area contributed by atoms with E-state index in [9.17, 15) is 19.8 Å². The highest BCUT2D eigenvalue weighted by atomic mass is 16.5. The number of benzene rings is 2. The fraction of sp³-hybridized carbons (Fsp3) is 0.394. The number of aliphatic hydroxyl groups is 1. The smallest absolute Gasteiger partial charge is 0.331 e. The number of methoxy groups -OCH3 is 1. The Morgan fingerprint density at radius 3 is 2.46 bits per heavy atom. The maximum Gasteiger partial charge on any atom is 0.331 e. The zero-order valence-corrected chi connectivity index (χ0v) is 23.2. The first-order chi connectivity index (χ1) is 20.0. The molecular weight excluding hydrogens is 518 g/mol. The number of hydrogen-bond acceptors (Lipinski definition) is 5. The van der Waals surface area contributed by atoms with Crippen LogP contribution in [0.5, 0.6) is 0 Å². The topological polar surface area (TPSA) is 108 Å². The van der Waals surface area contributed by atoms with Gasteiger partial charge in [0.05, 0.1) is 25.2 Å². The highest BCUT2D eigenvalue weighted by Gasteiger charge is 2.49. The number of carbonyl (C=O) groups is 2. The molecule has 1 aliphatic carbocycles. The fourth-order valence-corrected chi connectivity index (χ4v) is 7.40. The van der Waals surface area contributed by atoms with Gasteiger partial charge in [-0.15, -0.1) is 0 Å². The van der Waals surface area contributed by atoms with E-state index >= 15 is 0 Å². The summed E-state index contributed by atoms with van der Waals surface area (Å²) in [5.41, 5.74) is 4.74. The van der Waals surface area contributed by atoms with Crippen molar-refractivity contribution in [2.24, 2.45) is 17.8 Å². The molecule has 2 aliphatic heterocycles. The Labute approximate surface area is 239 Å². The number of H-pyrrole nitrogens is 1. The lowest BCUT2D eigenvalue weighted by molar-refractivity contribution is -0.160. The lowest BCUT2D eigenvalue weighted by Gasteiger charge is -2.50. The molecule has 1 unspecified atom stereocenters. The highest BCUT2D eigenvalue weighted by molar-refractivity contribution is 5.85. The molecule has 7 rings (SSSR count). The van der Waals surface area contributed by atoms with Gasteiger partial charge in [-0.05, 0) is 66.8 Å². The van der Waals surface area contributed by atoms with E-state index in [2.05, 4.69) is 34.1 Å². The van der Waals surface area contributed by atoms with Crippen LogP contribution in [0.3, 0.4) is 0 Å². The minimum Gasteiger partial charge on any atom is -0.479 e. The van der Waals surface area contributed by atoms with Gasteiger partial charge in [0.15, 0.2) is 6.04 Å². The maximum absolute atomic E-state index is 12.4. The number of aromatic nitrogens is 2. The second kappa shape index (κ2) is 11.5. The number of nitrogens with one attached hydrogen (secondary N) is 1. The third kappa shape index (κ3) is 5.18. The predicted octanol–water partition coefficient (Wildman–Crippen LogP) is 4.81. The van der Waals surface area contributed by atoms with Gasteiger partial charge in [0, 0.05) is 42.1 Å². The van der Waals surface area contributed by atoms with Crippen molar-refractivity contribution in [3.05, 3.63) is 95.9 Å². The van der Waals surface area contributed by atoms with E-state index in [0.717, 1.165) is 37.9 Å². The number of nitrogens with zero attached hydrogens (tertiary/aromatic N) is 2. The van der Waals surface area contributed by atoms with Crippen molar-refractivity contribution in [2.45, 2.75) is 43.9 Å². The standard InChI is InChI=1S/C21H26N2O3.C12H11NO2/c1-26-21(25)19-15-10-17-20-14(13-4-2-3-5-16(13)22-20)8-9-23(17)11-12(15)6-7-18(19)24;14-12(15)11(13-8-4-5-9-13)10-6-2-1-3-7-10/h2-5,12,15,17-19,22,24H,6-11H2,1H3;1-9,11H,(H,14,15)/t12-,15-,17-,18-,19+;/m0./s1. The van der Waals surface area contributed by atoms with E-state index < -0.39 is 18.1 Å². The third-order valence-electron chi connectivity index (χ3n) is 9.30. The molecule has 8 heteroatoms. The van der Waals surface area contributed by atoms with E-state index in [1.807, 2.05) is 42.5 Å². The summed E-state index contributed by atoms with van der Waals surface area (Å²) >= 11 is 0. The lowest BCUT2D eigenvalue weighted by Crippen LogP contribution is -2.53. The number of hydrogen-bond donors (Lipinski definition) is 3. The van der Waals surface area contributed by atoms with Crippen LogP contribution in [0, 0.1) is 17.8 Å². The summed E-state index contributed by atoms with van der Waals surface area (Å²) in [6.07, 6.45) is 6.65. The van der Waals surface area contributed by atoms with Gasteiger partial charge in [-0.3, -0.25) is 9.69 Å².